The molecule has 0 saturated heterocycles. The van der Waals surface area contributed by atoms with Crippen molar-refractivity contribution in [2.24, 2.45) is 0 Å². The molecule has 21 heavy (non-hydrogen) atoms. The normalized spacial score (nSPS) is 12.2. The molecule has 0 amide bonds. The van der Waals surface area contributed by atoms with Crippen LogP contribution in [0.4, 0.5) is 0 Å². The summed E-state index contributed by atoms with van der Waals surface area (Å²) in [4.78, 5) is 12.0. The van der Waals surface area contributed by atoms with Crippen molar-refractivity contribution in [3.8, 4) is 11.5 Å². The molecule has 2 rings (SSSR count). The van der Waals surface area contributed by atoms with Gasteiger partial charge < -0.3 is 9.85 Å². The first-order valence-electron chi connectivity index (χ1n) is 6.61. The second-order valence-corrected chi connectivity index (χ2v) is 5.50. The first-order chi connectivity index (χ1) is 10.9. The molecule has 2 aromatic rings. The molecular formula is C14H12O6S. The smallest absolute Gasteiger partial charge is 0.298 e. The molecule has 0 aliphatic heterocycles. The van der Waals surface area contributed by atoms with E-state index in [9.17, 15) is 13.2 Å². The molecule has 6 nitrogen and oxygen atoms in total. The lowest BCUT2D eigenvalue weighted by atomic mass is 10.0. The van der Waals surface area contributed by atoms with Gasteiger partial charge in [0.15, 0.2) is 5.78 Å². The SMILES string of the molecule is [2H]Oc1cc(OC)c(S(=O)(=O)O[2H])cc1C(=O)c1ccccc1. The Kier molecular flexibility index (Phi) is 3.27. The van der Waals surface area contributed by atoms with Crippen molar-refractivity contribution in [2.75, 3.05) is 7.11 Å². The zero-order valence-corrected chi connectivity index (χ0v) is 11.7. The Hall–Kier alpha value is -2.38. The summed E-state index contributed by atoms with van der Waals surface area (Å²) >= 11 is 0. The second kappa shape index (κ2) is 5.55. The molecule has 0 bridgehead atoms. The van der Waals surface area contributed by atoms with Crippen molar-refractivity contribution in [2.45, 2.75) is 4.90 Å². The Labute approximate surface area is 124 Å². The van der Waals surface area contributed by atoms with Crippen LogP contribution in [0.15, 0.2) is 47.4 Å². The highest BCUT2D eigenvalue weighted by Gasteiger charge is 2.23. The van der Waals surface area contributed by atoms with Gasteiger partial charge in [-0.25, -0.2) is 0 Å². The number of carbonyl (C=O) groups excluding carboxylic acids is 1. The van der Waals surface area contributed by atoms with Gasteiger partial charge in [0.25, 0.3) is 11.5 Å². The number of hydrogen-bond donors (Lipinski definition) is 2. The quantitative estimate of drug-likeness (QED) is 0.624. The first-order valence-corrected chi connectivity index (χ1v) is 7.20. The molecule has 0 spiro atoms. The van der Waals surface area contributed by atoms with Crippen LogP contribution in [-0.4, -0.2) is 32.4 Å². The highest BCUT2D eigenvalue weighted by Crippen LogP contribution is 2.32. The van der Waals surface area contributed by atoms with Gasteiger partial charge in [-0.3, -0.25) is 9.35 Å². The average Bonchev–Trinajstić information content (AvgIpc) is 2.60. The molecule has 0 aromatic heterocycles. The van der Waals surface area contributed by atoms with Gasteiger partial charge in [0.2, 0.25) is 1.43 Å². The summed E-state index contributed by atoms with van der Waals surface area (Å²) in [5.41, 5.74) is 0.119. The van der Waals surface area contributed by atoms with E-state index < -0.39 is 20.8 Å². The lowest BCUT2D eigenvalue weighted by Crippen LogP contribution is -2.07. The fourth-order valence-electron chi connectivity index (χ4n) is 1.82. The van der Waals surface area contributed by atoms with E-state index in [0.29, 0.717) is 0 Å². The maximum Gasteiger partial charge on any atom is 0.298 e. The van der Waals surface area contributed by atoms with Crippen LogP contribution in [0.5, 0.6) is 11.5 Å². The van der Waals surface area contributed by atoms with Gasteiger partial charge in [-0.1, -0.05) is 30.3 Å². The molecular weight excluding hydrogens is 296 g/mol. The van der Waals surface area contributed by atoms with Crippen molar-refractivity contribution in [1.29, 1.82) is 2.86 Å². The number of ketones is 1. The molecule has 0 aliphatic carbocycles. The minimum absolute atomic E-state index is 0.164. The maximum atomic E-state index is 12.5. The van der Waals surface area contributed by atoms with Crippen LogP contribution in [-0.2, 0) is 10.1 Å². The van der Waals surface area contributed by atoms with Crippen LogP contribution in [0, 0.1) is 0 Å². The van der Waals surface area contributed by atoms with Crippen LogP contribution in [0.3, 0.4) is 0 Å². The van der Waals surface area contributed by atoms with Gasteiger partial charge >= 0.3 is 0 Å². The summed E-state index contributed by atoms with van der Waals surface area (Å²) in [6.07, 6.45) is 0. The fourth-order valence-corrected chi connectivity index (χ4v) is 2.47. The molecule has 110 valence electrons. The highest BCUT2D eigenvalue weighted by molar-refractivity contribution is 7.86. The minimum Gasteiger partial charge on any atom is -0.507 e. The Morgan fingerprint density at radius 3 is 2.52 bits per heavy atom. The van der Waals surface area contributed by atoms with E-state index in [1.807, 2.05) is 0 Å². The Bertz CT molecular complexity index is 821. The lowest BCUT2D eigenvalue weighted by Gasteiger charge is -2.10. The van der Waals surface area contributed by atoms with Crippen molar-refractivity contribution >= 4 is 15.9 Å². The highest BCUT2D eigenvalue weighted by atomic mass is 32.2. The maximum absolute atomic E-state index is 12.5. The fraction of sp³-hybridized carbons (Fsp3) is 0.0714. The molecule has 0 atom stereocenters. The topological polar surface area (TPSA) is 101 Å². The van der Waals surface area contributed by atoms with E-state index in [0.717, 1.165) is 12.1 Å². The summed E-state index contributed by atoms with van der Waals surface area (Å²) < 4.78 is 45.9. The number of phenols is 1. The van der Waals surface area contributed by atoms with E-state index in [4.69, 9.17) is 7.60 Å². The van der Waals surface area contributed by atoms with Crippen molar-refractivity contribution in [3.05, 3.63) is 53.6 Å². The molecule has 0 radical (unpaired) electrons. The third kappa shape index (κ3) is 3.04. The zero-order valence-electron chi connectivity index (χ0n) is 12.9. The Morgan fingerprint density at radius 1 is 1.24 bits per heavy atom. The number of aromatic hydroxyl groups is 1. The van der Waals surface area contributed by atoms with Crippen molar-refractivity contribution in [1.82, 2.24) is 0 Å². The molecule has 0 unspecified atom stereocenters. The van der Waals surface area contributed by atoms with Crippen LogP contribution < -0.4 is 4.74 Å². The van der Waals surface area contributed by atoms with E-state index in [2.05, 4.69) is 9.66 Å². The molecule has 7 heteroatoms. The summed E-state index contributed by atoms with van der Waals surface area (Å²) in [6.45, 7) is 0. The second-order valence-electron chi connectivity index (χ2n) is 4.15. The molecule has 2 N–H and O–H groups in total. The van der Waals surface area contributed by atoms with E-state index in [-0.39, 0.29) is 22.6 Å². The van der Waals surface area contributed by atoms with Gasteiger partial charge in [0, 0.05) is 11.6 Å². The summed E-state index contributed by atoms with van der Waals surface area (Å²) in [6, 6.07) is 10.1. The molecule has 0 heterocycles. The van der Waals surface area contributed by atoms with Gasteiger partial charge in [0.1, 0.15) is 16.4 Å². The van der Waals surface area contributed by atoms with E-state index in [1.54, 1.807) is 18.2 Å². The standard InChI is InChI=1S/C14H12O6S/c1-20-12-8-11(15)10(7-13(12)21(17,18)19)14(16)9-5-3-2-4-6-9/h2-8,15H,1H3,(H,17,18,19)/i/hD2. The minimum atomic E-state index is -4.43. The average molecular weight is 310 g/mol. The summed E-state index contributed by atoms with van der Waals surface area (Å²) in [5.74, 6) is -0.930. The third-order valence-corrected chi connectivity index (χ3v) is 3.67. The number of rotatable bonds is 6. The van der Waals surface area contributed by atoms with Crippen molar-refractivity contribution < 1.29 is 27.6 Å². The number of methoxy groups -OCH3 is 1. The monoisotopic (exact) mass is 310 g/mol. The van der Waals surface area contributed by atoms with Gasteiger partial charge in [-0.15, -0.1) is 0 Å². The third-order valence-electron chi connectivity index (χ3n) is 2.82. The largest absolute Gasteiger partial charge is 0.507 e. The predicted octanol–water partition coefficient (Wildman–Crippen LogP) is 1.88. The summed E-state index contributed by atoms with van der Waals surface area (Å²) in [5, 5.41) is 4.40. The number of benzene rings is 2. The van der Waals surface area contributed by atoms with Crippen LogP contribution in [0.2, 0.25) is 0 Å². The van der Waals surface area contributed by atoms with Crippen LogP contribution >= 0.6 is 0 Å². The molecule has 2 aromatic carbocycles. The summed E-state index contributed by atoms with van der Waals surface area (Å²) in [7, 11) is -3.23. The van der Waals surface area contributed by atoms with Gasteiger partial charge in [-0.2, -0.15) is 8.42 Å². The predicted molar refractivity (Wildman–Crippen MR) is 74.3 cm³/mol. The zero-order chi connectivity index (χ0) is 17.0. The van der Waals surface area contributed by atoms with Crippen molar-refractivity contribution in [3.63, 3.8) is 0 Å². The number of hydrogen-bond acceptors (Lipinski definition) is 6. The number of phenolic OH excluding ortho intramolecular Hbond substituents is 1. The van der Waals surface area contributed by atoms with Gasteiger partial charge in [0.05, 0.1) is 12.7 Å². The number of carbonyl (C=O) groups is 1. The van der Waals surface area contributed by atoms with Crippen LogP contribution in [0.25, 0.3) is 1.43 Å². The lowest BCUT2D eigenvalue weighted by molar-refractivity contribution is 0.103. The molecule has 0 fully saturated rings. The van der Waals surface area contributed by atoms with E-state index in [1.165, 1.54) is 19.2 Å². The Morgan fingerprint density at radius 2 is 1.95 bits per heavy atom. The van der Waals surface area contributed by atoms with Gasteiger partial charge in [-0.05, 0) is 6.07 Å². The first kappa shape index (κ1) is 12.4. The molecule has 0 saturated carbocycles. The molecule has 0 aliphatic rings. The van der Waals surface area contributed by atoms with E-state index >= 15 is 0 Å². The Balaban J connectivity index is 2.68. The van der Waals surface area contributed by atoms with Crippen LogP contribution in [0.1, 0.15) is 15.9 Å². The number of ether oxygens (including phenoxy) is 1.